The van der Waals surface area contributed by atoms with Gasteiger partial charge < -0.3 is 10.8 Å². The summed E-state index contributed by atoms with van der Waals surface area (Å²) in [4.78, 5) is 16.0. The Morgan fingerprint density at radius 3 is 2.40 bits per heavy atom. The predicted molar refractivity (Wildman–Crippen MR) is 131 cm³/mol. The van der Waals surface area contributed by atoms with Crippen molar-refractivity contribution in [2.75, 3.05) is 6.26 Å². The zero-order valence-electron chi connectivity index (χ0n) is 17.6. The van der Waals surface area contributed by atoms with Crippen molar-refractivity contribution in [1.29, 1.82) is 0 Å². The van der Waals surface area contributed by atoms with Crippen molar-refractivity contribution in [3.05, 3.63) is 80.8 Å². The molecule has 184 valence electrons. The van der Waals surface area contributed by atoms with E-state index >= 15 is 0 Å². The number of hydrogen-bond donors (Lipinski definition) is 2. The van der Waals surface area contributed by atoms with Gasteiger partial charge in [0.2, 0.25) is 0 Å². The maximum Gasteiger partial charge on any atom is 0.430 e. The van der Waals surface area contributed by atoms with Crippen LogP contribution in [-0.2, 0) is 9.84 Å². The topological polar surface area (TPSA) is 110 Å². The van der Waals surface area contributed by atoms with E-state index in [1.54, 1.807) is 0 Å². The normalized spacial score (nSPS) is 13.2. The summed E-state index contributed by atoms with van der Waals surface area (Å²) >= 11 is 13.1. The molecule has 0 bridgehead atoms. The molecule has 2 aromatic carbocycles. The van der Waals surface area contributed by atoms with E-state index in [0.717, 1.165) is 23.7 Å². The van der Waals surface area contributed by atoms with Crippen LogP contribution in [0.5, 0.6) is 0 Å². The zero-order chi connectivity index (χ0) is 26.1. The van der Waals surface area contributed by atoms with Crippen LogP contribution in [0.1, 0.15) is 15.2 Å². The summed E-state index contributed by atoms with van der Waals surface area (Å²) in [5, 5.41) is 9.70. The highest BCUT2D eigenvalue weighted by atomic mass is 35.5. The highest BCUT2D eigenvalue weighted by Crippen LogP contribution is 2.34. The van der Waals surface area contributed by atoms with Gasteiger partial charge in [0.05, 0.1) is 31.8 Å². The number of alkyl halides is 3. The number of carboxylic acids is 1. The number of carboxylic acid groups (broad SMARTS) is 1. The van der Waals surface area contributed by atoms with Crippen molar-refractivity contribution in [3.63, 3.8) is 0 Å². The van der Waals surface area contributed by atoms with Gasteiger partial charge in [0, 0.05) is 16.2 Å². The van der Waals surface area contributed by atoms with Crippen molar-refractivity contribution in [3.8, 4) is 10.4 Å². The lowest BCUT2D eigenvalue weighted by Gasteiger charge is -2.08. The van der Waals surface area contributed by atoms with Crippen molar-refractivity contribution in [2.45, 2.75) is 11.1 Å². The van der Waals surface area contributed by atoms with E-state index in [-0.39, 0.29) is 26.3 Å². The van der Waals surface area contributed by atoms with Crippen LogP contribution >= 0.6 is 34.5 Å². The molecule has 0 aliphatic heterocycles. The van der Waals surface area contributed by atoms with Crippen LogP contribution in [0.3, 0.4) is 0 Å². The quantitative estimate of drug-likeness (QED) is 0.340. The number of allylic oxidation sites excluding steroid dienone is 2. The Morgan fingerprint density at radius 2 is 1.80 bits per heavy atom. The second-order valence-electron chi connectivity index (χ2n) is 7.14. The van der Waals surface area contributed by atoms with Crippen molar-refractivity contribution < 1.29 is 31.5 Å². The number of benzene rings is 2. The second kappa shape index (κ2) is 10.0. The highest BCUT2D eigenvalue weighted by molar-refractivity contribution is 7.90. The summed E-state index contributed by atoms with van der Waals surface area (Å²) in [6.45, 7) is 0. The molecule has 0 radical (unpaired) electrons. The number of nitrogens with two attached hydrogens (primary N) is 1. The lowest BCUT2D eigenvalue weighted by molar-refractivity contribution is -0.0925. The molecule has 0 aliphatic carbocycles. The van der Waals surface area contributed by atoms with Gasteiger partial charge in [-0.3, -0.25) is 0 Å². The lowest BCUT2D eigenvalue weighted by Crippen LogP contribution is -2.20. The molecule has 1 aromatic heterocycles. The summed E-state index contributed by atoms with van der Waals surface area (Å²) in [6.07, 6.45) is -3.28. The molecule has 3 rings (SSSR count). The molecule has 0 fully saturated rings. The van der Waals surface area contributed by atoms with Crippen LogP contribution < -0.4 is 5.73 Å². The molecule has 13 heteroatoms. The van der Waals surface area contributed by atoms with Gasteiger partial charge in [-0.05, 0) is 54.1 Å². The monoisotopic (exact) mass is 562 g/mol. The minimum Gasteiger partial charge on any atom is -0.478 e. The second-order valence-corrected chi connectivity index (χ2v) is 11.1. The predicted octanol–water partition coefficient (Wildman–Crippen LogP) is 6.35. The van der Waals surface area contributed by atoms with Gasteiger partial charge in [-0.25, -0.2) is 18.2 Å². The number of aliphatic imine (C=N–C) groups is 1. The largest absolute Gasteiger partial charge is 0.478 e. The molecular formula is C22H15Cl2F3N2O4S2. The number of hydrogen-bond acceptors (Lipinski definition) is 6. The maximum atomic E-state index is 13.1. The number of thiophene rings is 1. The molecule has 0 amide bonds. The first kappa shape index (κ1) is 26.7. The van der Waals surface area contributed by atoms with E-state index in [2.05, 4.69) is 4.99 Å². The first-order valence-corrected chi connectivity index (χ1v) is 12.9. The fourth-order valence-electron chi connectivity index (χ4n) is 2.88. The Labute approximate surface area is 212 Å². The first-order valence-electron chi connectivity index (χ1n) is 9.43. The molecule has 0 atom stereocenters. The fourth-order valence-corrected chi connectivity index (χ4v) is 5.06. The van der Waals surface area contributed by atoms with Gasteiger partial charge in [-0.15, -0.1) is 11.3 Å². The minimum absolute atomic E-state index is 0.112. The van der Waals surface area contributed by atoms with Crippen LogP contribution in [0.15, 0.2) is 70.2 Å². The number of sulfone groups is 1. The average Bonchev–Trinajstić information content (AvgIpc) is 3.24. The number of carbonyl (C=O) groups is 1. The van der Waals surface area contributed by atoms with Crippen LogP contribution in [0.2, 0.25) is 10.0 Å². The molecule has 35 heavy (non-hydrogen) atoms. The Hall–Kier alpha value is -2.86. The van der Waals surface area contributed by atoms with Gasteiger partial charge in [-0.1, -0.05) is 29.3 Å². The summed E-state index contributed by atoms with van der Waals surface area (Å²) in [7, 11) is -3.88. The van der Waals surface area contributed by atoms with Crippen molar-refractivity contribution in [2.24, 2.45) is 10.7 Å². The van der Waals surface area contributed by atoms with Crippen LogP contribution in [0.25, 0.3) is 10.4 Å². The number of halogens is 5. The standard InChI is InChI=1S/C22H15Cl2F3N2O4S2/c1-35(32,33)19-8-11(2-4-13(19)21(30)31)17-6-7-18(34-17)16(10-20(28)22(25,26)27)29-15-9-12(23)3-5-14(15)24/h2-10H,28H2,1H3,(H,30,31)/b20-10-,29-16?. The molecule has 0 saturated heterocycles. The smallest absolute Gasteiger partial charge is 0.430 e. The third-order valence-corrected chi connectivity index (χ3v) is 7.37. The van der Waals surface area contributed by atoms with Gasteiger partial charge >= 0.3 is 12.1 Å². The van der Waals surface area contributed by atoms with E-state index in [1.807, 2.05) is 0 Å². The summed E-state index contributed by atoms with van der Waals surface area (Å²) in [5.41, 5.74) is 3.73. The molecule has 0 saturated carbocycles. The van der Waals surface area contributed by atoms with Gasteiger partial charge in [0.15, 0.2) is 9.84 Å². The third kappa shape index (κ3) is 6.43. The molecule has 3 N–H and O–H groups in total. The van der Waals surface area contributed by atoms with Gasteiger partial charge in [0.1, 0.15) is 5.70 Å². The van der Waals surface area contributed by atoms with Gasteiger partial charge in [-0.2, -0.15) is 13.2 Å². The third-order valence-electron chi connectivity index (χ3n) is 4.52. The van der Waals surface area contributed by atoms with Crippen molar-refractivity contribution in [1.82, 2.24) is 0 Å². The molecule has 0 unspecified atom stereocenters. The van der Waals surface area contributed by atoms with Crippen LogP contribution in [-0.4, -0.2) is 37.6 Å². The molecular weight excluding hydrogens is 548 g/mol. The zero-order valence-corrected chi connectivity index (χ0v) is 20.7. The summed E-state index contributed by atoms with van der Waals surface area (Å²) in [6, 6.07) is 11.1. The molecule has 3 aromatic rings. The van der Waals surface area contributed by atoms with E-state index < -0.39 is 38.1 Å². The molecule has 1 heterocycles. The molecule has 0 spiro atoms. The van der Waals surface area contributed by atoms with Crippen LogP contribution in [0, 0.1) is 0 Å². The Morgan fingerprint density at radius 1 is 1.11 bits per heavy atom. The highest BCUT2D eigenvalue weighted by Gasteiger charge is 2.32. The van der Waals surface area contributed by atoms with E-state index in [1.165, 1.54) is 42.5 Å². The average molecular weight is 563 g/mol. The minimum atomic E-state index is -4.81. The fraction of sp³-hybridized carbons (Fsp3) is 0.0909. The summed E-state index contributed by atoms with van der Waals surface area (Å²) < 4.78 is 63.6. The Kier molecular flexibility index (Phi) is 7.65. The number of rotatable bonds is 6. The van der Waals surface area contributed by atoms with E-state index in [0.29, 0.717) is 16.5 Å². The number of aromatic carboxylic acids is 1. The number of nitrogens with zero attached hydrogens (tertiary/aromatic N) is 1. The first-order chi connectivity index (χ1) is 16.2. The molecule has 6 nitrogen and oxygen atoms in total. The van der Waals surface area contributed by atoms with Gasteiger partial charge in [0.25, 0.3) is 0 Å². The van der Waals surface area contributed by atoms with Crippen molar-refractivity contribution >= 4 is 61.7 Å². The summed E-state index contributed by atoms with van der Waals surface area (Å²) in [5.74, 6) is -1.41. The maximum absolute atomic E-state index is 13.1. The van der Waals surface area contributed by atoms with Crippen LogP contribution in [0.4, 0.5) is 18.9 Å². The SMILES string of the molecule is CS(=O)(=O)c1cc(-c2ccc(C(/C=C(\N)C(F)(F)F)=Nc3cc(Cl)ccc3Cl)s2)ccc1C(=O)O. The van der Waals surface area contributed by atoms with E-state index in [9.17, 15) is 31.5 Å². The Balaban J connectivity index is 2.16. The van der Waals surface area contributed by atoms with E-state index in [4.69, 9.17) is 28.9 Å². The molecule has 0 aliphatic rings. The lowest BCUT2D eigenvalue weighted by atomic mass is 10.1. The Bertz CT molecular complexity index is 1480.